The summed E-state index contributed by atoms with van der Waals surface area (Å²) in [4.78, 5) is 12.8. The Kier molecular flexibility index (Phi) is 5.86. The van der Waals surface area contributed by atoms with E-state index in [1.165, 1.54) is 0 Å². The molecule has 0 unspecified atom stereocenters. The highest BCUT2D eigenvalue weighted by Gasteiger charge is 2.18. The van der Waals surface area contributed by atoms with Gasteiger partial charge in [-0.05, 0) is 42.2 Å². The van der Waals surface area contributed by atoms with Gasteiger partial charge >= 0.3 is 0 Å². The number of rotatable bonds is 6. The van der Waals surface area contributed by atoms with Crippen molar-refractivity contribution in [2.24, 2.45) is 0 Å². The lowest BCUT2D eigenvalue weighted by Crippen LogP contribution is -2.32. The molecule has 0 aliphatic carbocycles. The van der Waals surface area contributed by atoms with E-state index in [1.807, 2.05) is 60.7 Å². The van der Waals surface area contributed by atoms with Crippen molar-refractivity contribution < 1.29 is 14.3 Å². The number of methoxy groups -OCH3 is 1. The van der Waals surface area contributed by atoms with Crippen LogP contribution in [0, 0.1) is 0 Å². The highest BCUT2D eigenvalue weighted by molar-refractivity contribution is 6.24. The van der Waals surface area contributed by atoms with E-state index < -0.39 is 0 Å². The molecule has 0 saturated carbocycles. The highest BCUT2D eigenvalue weighted by atomic mass is 16.5. The van der Waals surface area contributed by atoms with Gasteiger partial charge in [-0.3, -0.25) is 4.79 Å². The summed E-state index contributed by atoms with van der Waals surface area (Å²) >= 11 is 0. The minimum absolute atomic E-state index is 0.0856. The maximum atomic E-state index is 12.8. The van der Waals surface area contributed by atoms with Gasteiger partial charge in [0.1, 0.15) is 5.75 Å². The van der Waals surface area contributed by atoms with Crippen LogP contribution < -0.4 is 10.1 Å². The SMILES string of the molecule is COc1ccc(/C=C(\C(=O)NC[C@@H]2CCCO2)c2ccccc2)cc1. The van der Waals surface area contributed by atoms with Gasteiger partial charge in [0, 0.05) is 18.7 Å². The number of nitrogens with one attached hydrogen (secondary N) is 1. The Morgan fingerprint density at radius 3 is 2.60 bits per heavy atom. The third-order valence-corrected chi connectivity index (χ3v) is 4.27. The van der Waals surface area contributed by atoms with Crippen LogP contribution in [-0.2, 0) is 9.53 Å². The molecule has 25 heavy (non-hydrogen) atoms. The molecule has 0 bridgehead atoms. The molecule has 1 aliphatic heterocycles. The van der Waals surface area contributed by atoms with E-state index >= 15 is 0 Å². The molecule has 0 radical (unpaired) electrons. The summed E-state index contributed by atoms with van der Waals surface area (Å²) < 4.78 is 10.8. The summed E-state index contributed by atoms with van der Waals surface area (Å²) in [5, 5.41) is 3.01. The molecular weight excluding hydrogens is 314 g/mol. The maximum Gasteiger partial charge on any atom is 0.252 e. The number of amides is 1. The molecule has 1 fully saturated rings. The van der Waals surface area contributed by atoms with Gasteiger partial charge in [-0.25, -0.2) is 0 Å². The number of benzene rings is 2. The van der Waals surface area contributed by atoms with Gasteiger partial charge < -0.3 is 14.8 Å². The van der Waals surface area contributed by atoms with Gasteiger partial charge in [0.15, 0.2) is 0 Å². The van der Waals surface area contributed by atoms with Gasteiger partial charge in [-0.2, -0.15) is 0 Å². The Hall–Kier alpha value is -2.59. The van der Waals surface area contributed by atoms with Gasteiger partial charge in [0.05, 0.1) is 13.2 Å². The fraction of sp³-hybridized carbons (Fsp3) is 0.286. The zero-order valence-electron chi connectivity index (χ0n) is 14.4. The van der Waals surface area contributed by atoms with Crippen LogP contribution in [0.5, 0.6) is 5.75 Å². The van der Waals surface area contributed by atoms with E-state index in [4.69, 9.17) is 9.47 Å². The summed E-state index contributed by atoms with van der Waals surface area (Å²) in [5.41, 5.74) is 2.49. The van der Waals surface area contributed by atoms with Crippen molar-refractivity contribution in [1.82, 2.24) is 5.32 Å². The van der Waals surface area contributed by atoms with E-state index in [9.17, 15) is 4.79 Å². The summed E-state index contributed by atoms with van der Waals surface area (Å²) in [5.74, 6) is 0.707. The number of ether oxygens (including phenoxy) is 2. The normalized spacial score (nSPS) is 17.3. The second-order valence-electron chi connectivity index (χ2n) is 6.04. The molecule has 4 heteroatoms. The number of carbonyl (C=O) groups excluding carboxylic acids is 1. The van der Waals surface area contributed by atoms with Crippen LogP contribution in [0.2, 0.25) is 0 Å². The molecule has 2 aromatic carbocycles. The highest BCUT2D eigenvalue weighted by Crippen LogP contribution is 2.21. The fourth-order valence-corrected chi connectivity index (χ4v) is 2.87. The Morgan fingerprint density at radius 1 is 1.20 bits per heavy atom. The lowest BCUT2D eigenvalue weighted by Gasteiger charge is -2.13. The molecule has 4 nitrogen and oxygen atoms in total. The minimum Gasteiger partial charge on any atom is -0.497 e. The monoisotopic (exact) mass is 337 g/mol. The zero-order chi connectivity index (χ0) is 17.5. The standard InChI is InChI=1S/C21H23NO3/c1-24-18-11-9-16(10-12-18)14-20(17-6-3-2-4-7-17)21(23)22-15-19-8-5-13-25-19/h2-4,6-7,9-12,14,19H,5,8,13,15H2,1H3,(H,22,23)/b20-14-/t19-/m0/s1. The average molecular weight is 337 g/mol. The summed E-state index contributed by atoms with van der Waals surface area (Å²) in [6, 6.07) is 17.4. The third kappa shape index (κ3) is 4.70. The topological polar surface area (TPSA) is 47.6 Å². The number of hydrogen-bond donors (Lipinski definition) is 1. The first-order valence-corrected chi connectivity index (χ1v) is 8.57. The van der Waals surface area contributed by atoms with Crippen LogP contribution in [0.1, 0.15) is 24.0 Å². The predicted molar refractivity (Wildman–Crippen MR) is 99.3 cm³/mol. The first kappa shape index (κ1) is 17.2. The third-order valence-electron chi connectivity index (χ3n) is 4.27. The first-order valence-electron chi connectivity index (χ1n) is 8.57. The van der Waals surface area contributed by atoms with Crippen molar-refractivity contribution in [2.75, 3.05) is 20.3 Å². The molecule has 1 atom stereocenters. The maximum absolute atomic E-state index is 12.8. The molecular formula is C21H23NO3. The Bertz CT molecular complexity index is 717. The zero-order valence-corrected chi connectivity index (χ0v) is 14.4. The van der Waals surface area contributed by atoms with Crippen molar-refractivity contribution >= 4 is 17.6 Å². The van der Waals surface area contributed by atoms with E-state index in [0.29, 0.717) is 12.1 Å². The largest absolute Gasteiger partial charge is 0.497 e. The lowest BCUT2D eigenvalue weighted by atomic mass is 10.0. The van der Waals surface area contributed by atoms with E-state index in [2.05, 4.69) is 5.32 Å². The van der Waals surface area contributed by atoms with Crippen LogP contribution in [0.15, 0.2) is 54.6 Å². The quantitative estimate of drug-likeness (QED) is 0.648. The van der Waals surface area contributed by atoms with Crippen LogP contribution >= 0.6 is 0 Å². The second kappa shape index (κ2) is 8.49. The smallest absolute Gasteiger partial charge is 0.252 e. The first-order chi connectivity index (χ1) is 12.3. The molecule has 1 saturated heterocycles. The van der Waals surface area contributed by atoms with Gasteiger partial charge in [-0.15, -0.1) is 0 Å². The lowest BCUT2D eigenvalue weighted by molar-refractivity contribution is -0.116. The van der Waals surface area contributed by atoms with E-state index in [0.717, 1.165) is 36.3 Å². The van der Waals surface area contributed by atoms with Crippen molar-refractivity contribution in [3.05, 3.63) is 65.7 Å². The van der Waals surface area contributed by atoms with E-state index in [1.54, 1.807) is 7.11 Å². The number of carbonyl (C=O) groups is 1. The molecule has 1 heterocycles. The predicted octanol–water partition coefficient (Wildman–Crippen LogP) is 3.53. The van der Waals surface area contributed by atoms with Crippen LogP contribution in [0.25, 0.3) is 11.6 Å². The van der Waals surface area contributed by atoms with Crippen LogP contribution in [0.4, 0.5) is 0 Å². The molecule has 3 rings (SSSR count). The summed E-state index contributed by atoms with van der Waals surface area (Å²) in [6.45, 7) is 1.33. The fourth-order valence-electron chi connectivity index (χ4n) is 2.87. The molecule has 1 aliphatic rings. The van der Waals surface area contributed by atoms with Gasteiger partial charge in [-0.1, -0.05) is 42.5 Å². The Morgan fingerprint density at radius 2 is 1.96 bits per heavy atom. The molecule has 1 N–H and O–H groups in total. The molecule has 0 aromatic heterocycles. The second-order valence-corrected chi connectivity index (χ2v) is 6.04. The van der Waals surface area contributed by atoms with Crippen molar-refractivity contribution in [2.45, 2.75) is 18.9 Å². The Balaban J connectivity index is 1.81. The Labute approximate surface area is 148 Å². The minimum atomic E-state index is -0.0856. The number of hydrogen-bond acceptors (Lipinski definition) is 3. The molecule has 130 valence electrons. The van der Waals surface area contributed by atoms with Crippen molar-refractivity contribution in [1.29, 1.82) is 0 Å². The molecule has 0 spiro atoms. The molecule has 2 aromatic rings. The van der Waals surface area contributed by atoms with E-state index in [-0.39, 0.29) is 12.0 Å². The van der Waals surface area contributed by atoms with Crippen molar-refractivity contribution in [3.63, 3.8) is 0 Å². The van der Waals surface area contributed by atoms with Crippen LogP contribution in [0.3, 0.4) is 0 Å². The van der Waals surface area contributed by atoms with Gasteiger partial charge in [0.2, 0.25) is 0 Å². The van der Waals surface area contributed by atoms with Crippen molar-refractivity contribution in [3.8, 4) is 5.75 Å². The van der Waals surface area contributed by atoms with Gasteiger partial charge in [0.25, 0.3) is 5.91 Å². The molecule has 1 amide bonds. The summed E-state index contributed by atoms with van der Waals surface area (Å²) in [6.07, 6.45) is 4.10. The van der Waals surface area contributed by atoms with Crippen LogP contribution in [-0.4, -0.2) is 32.3 Å². The average Bonchev–Trinajstić information content (AvgIpc) is 3.19. The summed E-state index contributed by atoms with van der Waals surface area (Å²) in [7, 11) is 1.64.